The number of para-hydroxylation sites is 1. The lowest BCUT2D eigenvalue weighted by Crippen LogP contribution is -2.50. The molecule has 7 nitrogen and oxygen atoms in total. The molecule has 0 aliphatic heterocycles. The van der Waals surface area contributed by atoms with Crippen molar-refractivity contribution in [2.24, 2.45) is 5.92 Å². The molecule has 1 aromatic heterocycles. The second kappa shape index (κ2) is 10.4. The van der Waals surface area contributed by atoms with E-state index in [-0.39, 0.29) is 29.3 Å². The van der Waals surface area contributed by atoms with E-state index >= 15 is 0 Å². The van der Waals surface area contributed by atoms with Gasteiger partial charge < -0.3 is 16.0 Å². The summed E-state index contributed by atoms with van der Waals surface area (Å²) in [5, 5.41) is 16.7. The molecule has 0 atom stereocenters. The van der Waals surface area contributed by atoms with Crippen LogP contribution in [-0.2, 0) is 4.79 Å². The third kappa shape index (κ3) is 6.37. The Morgan fingerprint density at radius 2 is 1.94 bits per heavy atom. The van der Waals surface area contributed by atoms with Crippen molar-refractivity contribution in [3.05, 3.63) is 71.4 Å². The van der Waals surface area contributed by atoms with Crippen molar-refractivity contribution < 1.29 is 14.0 Å². The van der Waals surface area contributed by atoms with E-state index in [9.17, 15) is 14.0 Å². The average Bonchev–Trinajstić information content (AvgIpc) is 2.75. The fourth-order valence-electron chi connectivity index (χ4n) is 3.56. The molecule has 3 rings (SSSR count). The van der Waals surface area contributed by atoms with Crippen LogP contribution in [0.5, 0.6) is 0 Å². The van der Waals surface area contributed by atoms with Crippen LogP contribution in [0.1, 0.15) is 43.1 Å². The first-order chi connectivity index (χ1) is 15.3. The maximum Gasteiger partial charge on any atom is 0.270 e. The summed E-state index contributed by atoms with van der Waals surface area (Å²) in [5.41, 5.74) is 0.136. The fraction of sp³-hybridized carbons (Fsp3) is 0.304. The zero-order valence-electron chi connectivity index (χ0n) is 17.6. The van der Waals surface area contributed by atoms with Gasteiger partial charge in [-0.25, -0.2) is 9.37 Å². The van der Waals surface area contributed by atoms with Gasteiger partial charge in [-0.3, -0.25) is 15.0 Å². The molecular formula is C23H25ClFN5O2. The van der Waals surface area contributed by atoms with Crippen LogP contribution in [0.4, 0.5) is 10.1 Å². The minimum Gasteiger partial charge on any atom is -0.359 e. The molecule has 9 heteroatoms. The first kappa shape index (κ1) is 23.4. The van der Waals surface area contributed by atoms with E-state index in [4.69, 9.17) is 17.0 Å². The summed E-state index contributed by atoms with van der Waals surface area (Å²) in [7, 11) is 0. The highest BCUT2D eigenvalue weighted by Gasteiger charge is 2.35. The van der Waals surface area contributed by atoms with Crippen LogP contribution in [0.2, 0.25) is 5.02 Å². The van der Waals surface area contributed by atoms with Crippen LogP contribution in [0, 0.1) is 17.1 Å². The Morgan fingerprint density at radius 3 is 2.59 bits per heavy atom. The number of hydrogen-bond donors (Lipinski definition) is 4. The first-order valence-electron chi connectivity index (χ1n) is 10.3. The van der Waals surface area contributed by atoms with E-state index in [0.29, 0.717) is 36.4 Å². The molecule has 1 heterocycles. The second-order valence-electron chi connectivity index (χ2n) is 8.01. The van der Waals surface area contributed by atoms with Gasteiger partial charge in [-0.15, -0.1) is 0 Å². The van der Waals surface area contributed by atoms with Crippen molar-refractivity contribution >= 4 is 34.9 Å². The summed E-state index contributed by atoms with van der Waals surface area (Å²) < 4.78 is 13.6. The molecule has 1 fully saturated rings. The highest BCUT2D eigenvalue weighted by atomic mass is 35.5. The summed E-state index contributed by atoms with van der Waals surface area (Å²) in [6.07, 6.45) is 6.61. The van der Waals surface area contributed by atoms with Gasteiger partial charge in [-0.05, 0) is 62.9 Å². The molecule has 32 heavy (non-hydrogen) atoms. The van der Waals surface area contributed by atoms with E-state index in [1.54, 1.807) is 30.3 Å². The SMILES string of the molecule is CC1(NC(=O)c2ccc(Cl)cn2)CCC(C(=O)NC(=N)/C=C\Nc2ccccc2F)CC1. The normalized spacial score (nSPS) is 20.5. The molecule has 2 aromatic rings. The highest BCUT2D eigenvalue weighted by Crippen LogP contribution is 2.32. The molecule has 1 aliphatic rings. The maximum atomic E-state index is 13.6. The standard InChI is InChI=1S/C23H25ClFN5O2/c1-23(30-22(32)19-7-6-16(24)14-28-19)11-8-15(9-12-23)21(31)29-20(26)10-13-27-18-5-3-2-4-17(18)25/h2-7,10,13-15,27H,8-9,11-12H2,1H3,(H,30,32)(H2,26,29,31)/b13-10-. The van der Waals surface area contributed by atoms with Gasteiger partial charge >= 0.3 is 0 Å². The lowest BCUT2D eigenvalue weighted by Gasteiger charge is -2.37. The Bertz CT molecular complexity index is 1020. The molecule has 0 unspecified atom stereocenters. The minimum atomic E-state index is -0.438. The fourth-order valence-corrected chi connectivity index (χ4v) is 3.67. The van der Waals surface area contributed by atoms with Crippen molar-refractivity contribution in [3.8, 4) is 0 Å². The number of halogens is 2. The van der Waals surface area contributed by atoms with Crippen LogP contribution in [0.3, 0.4) is 0 Å². The van der Waals surface area contributed by atoms with E-state index in [2.05, 4.69) is 20.9 Å². The van der Waals surface area contributed by atoms with Gasteiger partial charge in [0.15, 0.2) is 0 Å². The average molecular weight is 458 g/mol. The number of nitrogens with zero attached hydrogens (tertiary/aromatic N) is 1. The summed E-state index contributed by atoms with van der Waals surface area (Å²) in [6.45, 7) is 1.95. The van der Waals surface area contributed by atoms with Gasteiger partial charge in [0.1, 0.15) is 17.3 Å². The lowest BCUT2D eigenvalue weighted by atomic mass is 9.77. The van der Waals surface area contributed by atoms with Gasteiger partial charge in [0.05, 0.1) is 10.7 Å². The van der Waals surface area contributed by atoms with E-state index < -0.39 is 11.4 Å². The van der Waals surface area contributed by atoms with Crippen LogP contribution in [-0.4, -0.2) is 28.2 Å². The Kier molecular flexibility index (Phi) is 7.58. The van der Waals surface area contributed by atoms with Crippen LogP contribution < -0.4 is 16.0 Å². The number of carbonyl (C=O) groups excluding carboxylic acids is 2. The molecule has 0 saturated heterocycles. The van der Waals surface area contributed by atoms with E-state index in [0.717, 1.165) is 0 Å². The Labute approximate surface area is 191 Å². The monoisotopic (exact) mass is 457 g/mol. The number of aromatic nitrogens is 1. The van der Waals surface area contributed by atoms with Crippen molar-refractivity contribution in [1.82, 2.24) is 15.6 Å². The predicted molar refractivity (Wildman–Crippen MR) is 122 cm³/mol. The molecule has 1 aromatic carbocycles. The molecule has 1 aliphatic carbocycles. The number of benzene rings is 1. The van der Waals surface area contributed by atoms with Gasteiger partial charge in [-0.2, -0.15) is 0 Å². The van der Waals surface area contributed by atoms with Crippen LogP contribution in [0.25, 0.3) is 0 Å². The summed E-state index contributed by atoms with van der Waals surface area (Å²) >= 11 is 5.81. The van der Waals surface area contributed by atoms with Crippen molar-refractivity contribution in [2.75, 3.05) is 5.32 Å². The zero-order chi connectivity index (χ0) is 23.1. The molecule has 168 valence electrons. The molecular weight excluding hydrogens is 433 g/mol. The molecule has 0 spiro atoms. The number of rotatable bonds is 6. The number of amides is 2. The first-order valence-corrected chi connectivity index (χ1v) is 10.6. The maximum absolute atomic E-state index is 13.6. The van der Waals surface area contributed by atoms with Crippen molar-refractivity contribution in [3.63, 3.8) is 0 Å². The molecule has 2 amide bonds. The van der Waals surface area contributed by atoms with E-state index in [1.165, 1.54) is 24.5 Å². The van der Waals surface area contributed by atoms with Crippen LogP contribution in [0.15, 0.2) is 54.9 Å². The number of hydrogen-bond acceptors (Lipinski definition) is 5. The second-order valence-corrected chi connectivity index (χ2v) is 8.45. The molecule has 1 saturated carbocycles. The third-order valence-corrected chi connectivity index (χ3v) is 5.68. The summed E-state index contributed by atoms with van der Waals surface area (Å²) in [4.78, 5) is 29.0. The topological polar surface area (TPSA) is 107 Å². The lowest BCUT2D eigenvalue weighted by molar-refractivity contribution is -0.124. The quantitative estimate of drug-likeness (QED) is 0.383. The van der Waals surface area contributed by atoms with Crippen molar-refractivity contribution in [2.45, 2.75) is 38.1 Å². The van der Waals surface area contributed by atoms with Crippen molar-refractivity contribution in [1.29, 1.82) is 5.41 Å². The smallest absolute Gasteiger partial charge is 0.270 e. The number of amidine groups is 1. The van der Waals surface area contributed by atoms with Crippen LogP contribution >= 0.6 is 11.6 Å². The van der Waals surface area contributed by atoms with Gasteiger partial charge in [0, 0.05) is 23.9 Å². The Balaban J connectivity index is 1.45. The molecule has 0 radical (unpaired) electrons. The largest absolute Gasteiger partial charge is 0.359 e. The Morgan fingerprint density at radius 1 is 1.22 bits per heavy atom. The number of nitrogens with one attached hydrogen (secondary N) is 4. The highest BCUT2D eigenvalue weighted by molar-refractivity contribution is 6.30. The van der Waals surface area contributed by atoms with Gasteiger partial charge in [0.2, 0.25) is 5.91 Å². The van der Waals surface area contributed by atoms with Gasteiger partial charge in [-0.1, -0.05) is 23.7 Å². The van der Waals surface area contributed by atoms with Gasteiger partial charge in [0.25, 0.3) is 5.91 Å². The predicted octanol–water partition coefficient (Wildman–Crippen LogP) is 4.27. The minimum absolute atomic E-state index is 0.0886. The molecule has 4 N–H and O–H groups in total. The summed E-state index contributed by atoms with van der Waals surface area (Å²) in [6, 6.07) is 9.36. The van der Waals surface area contributed by atoms with E-state index in [1.807, 2.05) is 6.92 Å². The third-order valence-electron chi connectivity index (χ3n) is 5.46. The molecule has 0 bridgehead atoms. The summed E-state index contributed by atoms with van der Waals surface area (Å²) in [5.74, 6) is -1.26. The zero-order valence-corrected chi connectivity index (χ0v) is 18.4. The number of carbonyl (C=O) groups is 2. The number of pyridine rings is 1. The number of anilines is 1. The Hall–Kier alpha value is -3.26.